The maximum atomic E-state index is 14.3. The highest BCUT2D eigenvalue weighted by Crippen LogP contribution is 2.40. The van der Waals surface area contributed by atoms with Gasteiger partial charge in [0.1, 0.15) is 5.82 Å². The fraction of sp³-hybridized carbons (Fsp3) is 0.571. The molecule has 1 fully saturated rings. The summed E-state index contributed by atoms with van der Waals surface area (Å²) in [7, 11) is 0. The Morgan fingerprint density at radius 1 is 1.24 bits per heavy atom. The number of hydrogen-bond acceptors (Lipinski definition) is 1. The summed E-state index contributed by atoms with van der Waals surface area (Å²) < 4.78 is 14.3. The van der Waals surface area contributed by atoms with Crippen LogP contribution in [0.3, 0.4) is 0 Å². The van der Waals surface area contributed by atoms with Gasteiger partial charge in [-0.05, 0) is 43.9 Å². The molecule has 0 atom stereocenters. The van der Waals surface area contributed by atoms with Crippen LogP contribution in [0.25, 0.3) is 0 Å². The molecule has 0 bridgehead atoms. The zero-order chi connectivity index (χ0) is 12.6. The number of benzene rings is 1. The van der Waals surface area contributed by atoms with Gasteiger partial charge in [-0.25, -0.2) is 4.39 Å². The summed E-state index contributed by atoms with van der Waals surface area (Å²) in [5.41, 5.74) is 8.51. The van der Waals surface area contributed by atoms with Crippen molar-refractivity contribution in [1.82, 2.24) is 0 Å². The Hall–Kier alpha value is -0.600. The number of nitrogens with two attached hydrogens (primary N) is 1. The van der Waals surface area contributed by atoms with Crippen molar-refractivity contribution in [1.29, 1.82) is 0 Å². The molecule has 1 aromatic rings. The molecule has 1 saturated carbocycles. The SMILES string of the molecule is Cc1cc(Cl)c(F)c(C2(N)CCCCC2)c1C. The summed E-state index contributed by atoms with van der Waals surface area (Å²) in [5.74, 6) is -0.320. The molecule has 17 heavy (non-hydrogen) atoms. The third-order valence-electron chi connectivity index (χ3n) is 3.98. The molecule has 0 aromatic heterocycles. The highest BCUT2D eigenvalue weighted by molar-refractivity contribution is 6.30. The van der Waals surface area contributed by atoms with Crippen molar-refractivity contribution in [3.8, 4) is 0 Å². The third-order valence-corrected chi connectivity index (χ3v) is 4.26. The van der Waals surface area contributed by atoms with Crippen LogP contribution in [0.15, 0.2) is 6.07 Å². The molecule has 3 heteroatoms. The number of hydrogen-bond donors (Lipinski definition) is 1. The molecule has 0 spiro atoms. The average Bonchev–Trinajstić information content (AvgIpc) is 2.27. The van der Waals surface area contributed by atoms with E-state index in [1.54, 1.807) is 6.07 Å². The summed E-state index contributed by atoms with van der Waals surface area (Å²) in [5, 5.41) is 0.193. The quantitative estimate of drug-likeness (QED) is 0.799. The van der Waals surface area contributed by atoms with Crippen molar-refractivity contribution in [2.75, 3.05) is 0 Å². The van der Waals surface area contributed by atoms with Crippen LogP contribution < -0.4 is 5.73 Å². The lowest BCUT2D eigenvalue weighted by molar-refractivity contribution is 0.291. The Morgan fingerprint density at radius 3 is 2.41 bits per heavy atom. The molecule has 1 aromatic carbocycles. The van der Waals surface area contributed by atoms with Crippen LogP contribution in [0.5, 0.6) is 0 Å². The highest BCUT2D eigenvalue weighted by atomic mass is 35.5. The van der Waals surface area contributed by atoms with E-state index < -0.39 is 5.54 Å². The minimum absolute atomic E-state index is 0.193. The predicted molar refractivity (Wildman–Crippen MR) is 69.8 cm³/mol. The third kappa shape index (κ3) is 2.21. The summed E-state index contributed by atoms with van der Waals surface area (Å²) in [4.78, 5) is 0. The number of aryl methyl sites for hydroxylation is 1. The zero-order valence-corrected chi connectivity index (χ0v) is 11.2. The molecule has 1 aliphatic carbocycles. The van der Waals surface area contributed by atoms with E-state index in [9.17, 15) is 4.39 Å². The molecule has 0 unspecified atom stereocenters. The van der Waals surface area contributed by atoms with E-state index in [-0.39, 0.29) is 10.8 Å². The Labute approximate surface area is 107 Å². The van der Waals surface area contributed by atoms with Gasteiger partial charge in [0.25, 0.3) is 0 Å². The first kappa shape index (κ1) is 12.8. The smallest absolute Gasteiger partial charge is 0.147 e. The van der Waals surface area contributed by atoms with E-state index in [1.165, 1.54) is 6.42 Å². The maximum absolute atomic E-state index is 14.3. The van der Waals surface area contributed by atoms with Gasteiger partial charge in [0.2, 0.25) is 0 Å². The molecule has 1 aliphatic rings. The minimum atomic E-state index is -0.526. The lowest BCUT2D eigenvalue weighted by atomic mass is 9.75. The lowest BCUT2D eigenvalue weighted by Gasteiger charge is -2.36. The lowest BCUT2D eigenvalue weighted by Crippen LogP contribution is -2.40. The Bertz CT molecular complexity index is 410. The second-order valence-electron chi connectivity index (χ2n) is 5.21. The monoisotopic (exact) mass is 255 g/mol. The normalized spacial score (nSPS) is 19.4. The molecule has 0 amide bonds. The van der Waals surface area contributed by atoms with Crippen LogP contribution in [-0.2, 0) is 5.54 Å². The fourth-order valence-corrected chi connectivity index (χ4v) is 3.13. The van der Waals surface area contributed by atoms with E-state index in [0.717, 1.165) is 36.8 Å². The van der Waals surface area contributed by atoms with Gasteiger partial charge in [-0.15, -0.1) is 0 Å². The standard InChI is InChI=1S/C14H19ClFN/c1-9-8-11(15)13(16)12(10(9)2)14(17)6-4-3-5-7-14/h8H,3-7,17H2,1-2H3. The maximum Gasteiger partial charge on any atom is 0.147 e. The molecule has 2 N–H and O–H groups in total. The minimum Gasteiger partial charge on any atom is -0.321 e. The molecule has 0 radical (unpaired) electrons. The molecule has 0 aliphatic heterocycles. The topological polar surface area (TPSA) is 26.0 Å². The molecule has 0 heterocycles. The second kappa shape index (κ2) is 4.58. The van der Waals surface area contributed by atoms with E-state index in [4.69, 9.17) is 17.3 Å². The van der Waals surface area contributed by atoms with E-state index in [2.05, 4.69) is 0 Å². The first-order valence-electron chi connectivity index (χ1n) is 6.20. The highest BCUT2D eigenvalue weighted by Gasteiger charge is 2.34. The average molecular weight is 256 g/mol. The molecule has 2 rings (SSSR count). The van der Waals surface area contributed by atoms with Crippen LogP contribution in [0.4, 0.5) is 4.39 Å². The van der Waals surface area contributed by atoms with Crippen LogP contribution >= 0.6 is 11.6 Å². The zero-order valence-electron chi connectivity index (χ0n) is 10.4. The van der Waals surface area contributed by atoms with Gasteiger partial charge in [0.05, 0.1) is 5.02 Å². The van der Waals surface area contributed by atoms with Crippen molar-refractivity contribution in [2.24, 2.45) is 5.73 Å². The van der Waals surface area contributed by atoms with Crippen molar-refractivity contribution in [3.05, 3.63) is 33.6 Å². The molecule has 0 saturated heterocycles. The molecule has 1 nitrogen and oxygen atoms in total. The van der Waals surface area contributed by atoms with E-state index >= 15 is 0 Å². The van der Waals surface area contributed by atoms with Gasteiger partial charge in [-0.3, -0.25) is 0 Å². The second-order valence-corrected chi connectivity index (χ2v) is 5.61. The number of halogens is 2. The first-order chi connectivity index (χ1) is 7.96. The van der Waals surface area contributed by atoms with Crippen molar-refractivity contribution < 1.29 is 4.39 Å². The van der Waals surface area contributed by atoms with Crippen molar-refractivity contribution in [2.45, 2.75) is 51.5 Å². The fourth-order valence-electron chi connectivity index (χ4n) is 2.87. The first-order valence-corrected chi connectivity index (χ1v) is 6.58. The molecule has 94 valence electrons. The summed E-state index contributed by atoms with van der Waals surface area (Å²) in [6, 6.07) is 1.68. The number of rotatable bonds is 1. The summed E-state index contributed by atoms with van der Waals surface area (Å²) >= 11 is 5.94. The predicted octanol–water partition coefficient (Wildman–Crippen LogP) is 4.21. The summed E-state index contributed by atoms with van der Waals surface area (Å²) in [6.07, 6.45) is 5.04. The summed E-state index contributed by atoms with van der Waals surface area (Å²) in [6.45, 7) is 3.89. The van der Waals surface area contributed by atoms with Crippen LogP contribution in [0, 0.1) is 19.7 Å². The van der Waals surface area contributed by atoms with Crippen molar-refractivity contribution >= 4 is 11.6 Å². The van der Waals surface area contributed by atoms with Gasteiger partial charge in [0, 0.05) is 11.1 Å². The largest absolute Gasteiger partial charge is 0.321 e. The van der Waals surface area contributed by atoms with Gasteiger partial charge in [0.15, 0.2) is 0 Å². The van der Waals surface area contributed by atoms with Gasteiger partial charge in [-0.1, -0.05) is 30.9 Å². The Balaban J connectivity index is 2.57. The Kier molecular flexibility index (Phi) is 3.46. The molecular formula is C14H19ClFN. The van der Waals surface area contributed by atoms with Crippen LogP contribution in [-0.4, -0.2) is 0 Å². The van der Waals surface area contributed by atoms with Crippen molar-refractivity contribution in [3.63, 3.8) is 0 Å². The van der Waals surface area contributed by atoms with Gasteiger partial charge < -0.3 is 5.73 Å². The van der Waals surface area contributed by atoms with Crippen LogP contribution in [0.1, 0.15) is 48.8 Å². The van der Waals surface area contributed by atoms with Gasteiger partial charge in [-0.2, -0.15) is 0 Å². The van der Waals surface area contributed by atoms with E-state index in [1.807, 2.05) is 13.8 Å². The van der Waals surface area contributed by atoms with Gasteiger partial charge >= 0.3 is 0 Å². The van der Waals surface area contributed by atoms with Crippen LogP contribution in [0.2, 0.25) is 5.02 Å². The molecular weight excluding hydrogens is 237 g/mol. The Morgan fingerprint density at radius 2 is 1.82 bits per heavy atom. The van der Waals surface area contributed by atoms with E-state index in [0.29, 0.717) is 5.56 Å².